The van der Waals surface area contributed by atoms with E-state index in [1.54, 1.807) is 0 Å². The van der Waals surface area contributed by atoms with Gasteiger partial charge < -0.3 is 5.32 Å². The number of hydrogen-bond donors (Lipinski definition) is 1. The summed E-state index contributed by atoms with van der Waals surface area (Å²) in [6.45, 7) is 3.55. The monoisotopic (exact) mass is 340 g/mol. The average Bonchev–Trinajstić information content (AvgIpc) is 3.15. The van der Waals surface area contributed by atoms with Gasteiger partial charge in [-0.15, -0.1) is 0 Å². The maximum Gasteiger partial charge on any atom is 0.221 e. The van der Waals surface area contributed by atoms with Crippen LogP contribution in [0, 0.1) is 0 Å². The Bertz CT molecular complexity index is 626. The molecule has 1 aliphatic heterocycles. The zero-order valence-corrected chi connectivity index (χ0v) is 14.8. The molecule has 1 amide bonds. The third kappa shape index (κ3) is 5.71. The van der Waals surface area contributed by atoms with Crippen molar-refractivity contribution in [2.75, 3.05) is 19.6 Å². The molecule has 1 fully saturated rings. The molecule has 0 bridgehead atoms. The van der Waals surface area contributed by atoms with Gasteiger partial charge in [0.15, 0.2) is 0 Å². The molecular formula is C20H28N4O. The predicted molar refractivity (Wildman–Crippen MR) is 99.2 cm³/mol. The van der Waals surface area contributed by atoms with Crippen LogP contribution in [0.4, 0.5) is 0 Å². The average molecular weight is 340 g/mol. The van der Waals surface area contributed by atoms with Crippen LogP contribution in [-0.4, -0.2) is 46.3 Å². The summed E-state index contributed by atoms with van der Waals surface area (Å²) >= 11 is 0. The van der Waals surface area contributed by atoms with Crippen molar-refractivity contribution in [3.8, 4) is 0 Å². The fraction of sp³-hybridized carbons (Fsp3) is 0.500. The number of aromatic nitrogens is 2. The molecule has 1 aliphatic rings. The van der Waals surface area contributed by atoms with Gasteiger partial charge in [0.05, 0.1) is 6.54 Å². The predicted octanol–water partition coefficient (Wildman–Crippen LogP) is 2.49. The fourth-order valence-corrected chi connectivity index (χ4v) is 3.51. The first-order valence-corrected chi connectivity index (χ1v) is 9.33. The highest BCUT2D eigenvalue weighted by Gasteiger charge is 2.23. The van der Waals surface area contributed by atoms with E-state index in [-0.39, 0.29) is 5.91 Å². The molecule has 1 N–H and O–H groups in total. The van der Waals surface area contributed by atoms with E-state index in [0.717, 1.165) is 26.1 Å². The van der Waals surface area contributed by atoms with Crippen LogP contribution in [0.1, 0.15) is 31.2 Å². The van der Waals surface area contributed by atoms with Gasteiger partial charge in [-0.05, 0) is 37.4 Å². The van der Waals surface area contributed by atoms with Crippen molar-refractivity contribution >= 4 is 5.91 Å². The molecule has 0 aliphatic carbocycles. The number of nitrogens with zero attached hydrogens (tertiary/aromatic N) is 3. The van der Waals surface area contributed by atoms with Gasteiger partial charge >= 0.3 is 0 Å². The van der Waals surface area contributed by atoms with Gasteiger partial charge in [-0.3, -0.25) is 14.4 Å². The van der Waals surface area contributed by atoms with Gasteiger partial charge in [0.1, 0.15) is 0 Å². The van der Waals surface area contributed by atoms with Crippen molar-refractivity contribution in [2.45, 2.75) is 44.7 Å². The summed E-state index contributed by atoms with van der Waals surface area (Å²) in [5.74, 6) is 0.152. The number of hydrogen-bond acceptors (Lipinski definition) is 3. The minimum absolute atomic E-state index is 0.152. The minimum Gasteiger partial charge on any atom is -0.356 e. The molecule has 1 atom stereocenters. The van der Waals surface area contributed by atoms with Gasteiger partial charge in [-0.1, -0.05) is 36.8 Å². The van der Waals surface area contributed by atoms with E-state index in [2.05, 4.69) is 27.4 Å². The van der Waals surface area contributed by atoms with E-state index >= 15 is 0 Å². The van der Waals surface area contributed by atoms with Crippen molar-refractivity contribution in [3.05, 3.63) is 54.4 Å². The largest absolute Gasteiger partial charge is 0.356 e. The Labute approximate surface area is 150 Å². The molecule has 0 spiro atoms. The first-order chi connectivity index (χ1) is 12.3. The molecule has 0 unspecified atom stereocenters. The van der Waals surface area contributed by atoms with Gasteiger partial charge in [0.25, 0.3) is 0 Å². The summed E-state index contributed by atoms with van der Waals surface area (Å²) in [6.07, 6.45) is 8.99. The molecule has 25 heavy (non-hydrogen) atoms. The Balaban J connectivity index is 1.39. The summed E-state index contributed by atoms with van der Waals surface area (Å²) in [4.78, 5) is 14.6. The van der Waals surface area contributed by atoms with Crippen molar-refractivity contribution in [1.29, 1.82) is 0 Å². The second-order valence-electron chi connectivity index (χ2n) is 6.75. The Kier molecular flexibility index (Phi) is 6.63. The highest BCUT2D eigenvalue weighted by Crippen LogP contribution is 2.18. The summed E-state index contributed by atoms with van der Waals surface area (Å²) in [5, 5.41) is 7.37. The van der Waals surface area contributed by atoms with Gasteiger partial charge in [0, 0.05) is 37.9 Å². The molecule has 5 nitrogen and oxygen atoms in total. The van der Waals surface area contributed by atoms with E-state index in [4.69, 9.17) is 0 Å². The van der Waals surface area contributed by atoms with E-state index in [1.807, 2.05) is 41.3 Å². The molecule has 1 saturated heterocycles. The van der Waals surface area contributed by atoms with Gasteiger partial charge in [-0.2, -0.15) is 5.10 Å². The first kappa shape index (κ1) is 17.7. The van der Waals surface area contributed by atoms with E-state index in [0.29, 0.717) is 19.0 Å². The molecule has 134 valence electrons. The Hall–Kier alpha value is -2.14. The third-order valence-corrected chi connectivity index (χ3v) is 4.91. The number of nitrogens with one attached hydrogen (secondary N) is 1. The van der Waals surface area contributed by atoms with Crippen LogP contribution in [0.2, 0.25) is 0 Å². The molecule has 0 radical (unpaired) electrons. The summed E-state index contributed by atoms with van der Waals surface area (Å²) in [7, 11) is 0. The highest BCUT2D eigenvalue weighted by atomic mass is 16.1. The zero-order valence-electron chi connectivity index (χ0n) is 14.8. The summed E-state index contributed by atoms with van der Waals surface area (Å²) in [6, 6.07) is 12.7. The molecule has 3 rings (SSSR count). The molecule has 1 aromatic carbocycles. The number of likely N-dealkylation sites (tertiary alicyclic amines) is 1. The molecule has 0 saturated carbocycles. The van der Waals surface area contributed by atoms with Crippen LogP contribution in [-0.2, 0) is 17.8 Å². The van der Waals surface area contributed by atoms with E-state index in [1.165, 1.54) is 24.8 Å². The second kappa shape index (κ2) is 9.37. The van der Waals surface area contributed by atoms with Crippen LogP contribution >= 0.6 is 0 Å². The fourth-order valence-electron chi connectivity index (χ4n) is 3.51. The van der Waals surface area contributed by atoms with E-state index in [9.17, 15) is 4.79 Å². The lowest BCUT2D eigenvalue weighted by Crippen LogP contribution is -2.44. The van der Waals surface area contributed by atoms with Crippen LogP contribution < -0.4 is 5.32 Å². The lowest BCUT2D eigenvalue weighted by Gasteiger charge is -2.35. The maximum atomic E-state index is 12.1. The molecule has 1 aromatic heterocycles. The molecular weight excluding hydrogens is 312 g/mol. The number of rotatable bonds is 8. The van der Waals surface area contributed by atoms with Gasteiger partial charge in [-0.25, -0.2) is 0 Å². The quantitative estimate of drug-likeness (QED) is 0.803. The van der Waals surface area contributed by atoms with Crippen LogP contribution in [0.3, 0.4) is 0 Å². The minimum atomic E-state index is 0.152. The molecule has 2 heterocycles. The number of carbonyl (C=O) groups is 1. The summed E-state index contributed by atoms with van der Waals surface area (Å²) < 4.78 is 2.00. The number of piperidine rings is 1. The Morgan fingerprint density at radius 1 is 1.20 bits per heavy atom. The van der Waals surface area contributed by atoms with Crippen LogP contribution in [0.15, 0.2) is 48.8 Å². The SMILES string of the molecule is O=C(CCN1CCCC[C@@H]1Cn1cccn1)NCCc1ccccc1. The number of benzene rings is 1. The second-order valence-corrected chi connectivity index (χ2v) is 6.75. The van der Waals surface area contributed by atoms with Crippen molar-refractivity contribution in [1.82, 2.24) is 20.0 Å². The molecule has 5 heteroatoms. The van der Waals surface area contributed by atoms with Crippen molar-refractivity contribution < 1.29 is 4.79 Å². The normalized spacial score (nSPS) is 18.2. The highest BCUT2D eigenvalue weighted by molar-refractivity contribution is 5.76. The van der Waals surface area contributed by atoms with Crippen LogP contribution in [0.5, 0.6) is 0 Å². The molecule has 2 aromatic rings. The zero-order chi connectivity index (χ0) is 17.3. The topological polar surface area (TPSA) is 50.2 Å². The third-order valence-electron chi connectivity index (χ3n) is 4.91. The van der Waals surface area contributed by atoms with Crippen molar-refractivity contribution in [2.24, 2.45) is 0 Å². The van der Waals surface area contributed by atoms with Gasteiger partial charge in [0.2, 0.25) is 5.91 Å². The Morgan fingerprint density at radius 2 is 2.08 bits per heavy atom. The number of carbonyl (C=O) groups excluding carboxylic acids is 1. The first-order valence-electron chi connectivity index (χ1n) is 9.33. The standard InChI is InChI=1S/C20H28N4O/c25-20(21-13-10-18-7-2-1-3-8-18)11-16-23-14-5-4-9-19(23)17-24-15-6-12-22-24/h1-3,6-8,12,15,19H,4-5,9-11,13-14,16-17H2,(H,21,25)/t19-/m1/s1. The maximum absolute atomic E-state index is 12.1. The van der Waals surface area contributed by atoms with E-state index < -0.39 is 0 Å². The van der Waals surface area contributed by atoms with Crippen LogP contribution in [0.25, 0.3) is 0 Å². The lowest BCUT2D eigenvalue weighted by molar-refractivity contribution is -0.121. The number of amides is 1. The smallest absolute Gasteiger partial charge is 0.221 e. The Morgan fingerprint density at radius 3 is 2.88 bits per heavy atom. The summed E-state index contributed by atoms with van der Waals surface area (Å²) in [5.41, 5.74) is 1.26. The lowest BCUT2D eigenvalue weighted by atomic mass is 10.0. The van der Waals surface area contributed by atoms with Crippen molar-refractivity contribution in [3.63, 3.8) is 0 Å².